The van der Waals surface area contributed by atoms with E-state index in [4.69, 9.17) is 8.84 Å². The van der Waals surface area contributed by atoms with Gasteiger partial charge in [0, 0.05) is 6.54 Å². The first-order chi connectivity index (χ1) is 12.7. The van der Waals surface area contributed by atoms with E-state index >= 15 is 0 Å². The third kappa shape index (κ3) is 5.35. The molecule has 0 bridgehead atoms. The fourth-order valence-corrected chi connectivity index (χ4v) is 4.78. The number of nitrogens with one attached hydrogen (secondary N) is 1. The molecule has 2 rings (SSSR count). The summed E-state index contributed by atoms with van der Waals surface area (Å²) in [6.45, 7) is 16.7. The number of furan rings is 1. The Balaban J connectivity index is 2.28. The van der Waals surface area contributed by atoms with Gasteiger partial charge < -0.3 is 8.84 Å². The summed E-state index contributed by atoms with van der Waals surface area (Å²) in [5, 5.41) is -0.00222. The van der Waals surface area contributed by atoms with Crippen LogP contribution in [0.25, 0.3) is 0 Å². The minimum Gasteiger partial charge on any atom is -0.463 e. The first-order valence-electron chi connectivity index (χ1n) is 9.54. The van der Waals surface area contributed by atoms with E-state index in [-0.39, 0.29) is 16.5 Å². The summed E-state index contributed by atoms with van der Waals surface area (Å²) in [7, 11) is -5.77. The van der Waals surface area contributed by atoms with Gasteiger partial charge in [0.15, 0.2) is 8.32 Å². The Morgan fingerprint density at radius 2 is 1.68 bits per heavy atom. The van der Waals surface area contributed by atoms with Crippen molar-refractivity contribution in [1.29, 1.82) is 0 Å². The fourth-order valence-electron chi connectivity index (χ4n) is 2.48. The standard InChI is InChI=1S/C21H33NO4SSi/c1-15-9-11-18(12-10-15)27(23,24)22-14-20(19-13-16(2)17(3)25-19)26-28(7,8)21(4,5)6/h9-13,20,22H,14H2,1-8H3/t20-/m0/s1. The third-order valence-electron chi connectivity index (χ3n) is 5.54. The van der Waals surface area contributed by atoms with Crippen molar-refractivity contribution in [3.63, 3.8) is 0 Å². The van der Waals surface area contributed by atoms with Crippen LogP contribution in [0.5, 0.6) is 0 Å². The van der Waals surface area contributed by atoms with E-state index in [2.05, 4.69) is 38.6 Å². The quantitative estimate of drug-likeness (QED) is 0.618. The van der Waals surface area contributed by atoms with E-state index in [0.717, 1.165) is 16.9 Å². The van der Waals surface area contributed by atoms with Gasteiger partial charge in [-0.1, -0.05) is 38.5 Å². The van der Waals surface area contributed by atoms with Gasteiger partial charge in [0.05, 0.1) is 4.90 Å². The van der Waals surface area contributed by atoms with Crippen molar-refractivity contribution < 1.29 is 17.3 Å². The number of benzene rings is 1. The number of hydrogen-bond acceptors (Lipinski definition) is 4. The molecule has 1 aromatic carbocycles. The van der Waals surface area contributed by atoms with Crippen LogP contribution in [0.1, 0.15) is 49.5 Å². The average molecular weight is 424 g/mol. The van der Waals surface area contributed by atoms with Gasteiger partial charge >= 0.3 is 0 Å². The van der Waals surface area contributed by atoms with Gasteiger partial charge in [-0.3, -0.25) is 0 Å². The van der Waals surface area contributed by atoms with Crippen LogP contribution in [0.2, 0.25) is 18.1 Å². The van der Waals surface area contributed by atoms with E-state index < -0.39 is 24.4 Å². The molecule has 0 aliphatic rings. The zero-order chi connectivity index (χ0) is 21.3. The minimum atomic E-state index is -3.63. The van der Waals surface area contributed by atoms with Crippen molar-refractivity contribution in [2.24, 2.45) is 0 Å². The normalized spacial score (nSPS) is 14.3. The summed E-state index contributed by atoms with van der Waals surface area (Å²) >= 11 is 0. The Hall–Kier alpha value is -1.41. The lowest BCUT2D eigenvalue weighted by molar-refractivity contribution is 0.159. The molecule has 5 nitrogen and oxygen atoms in total. The summed E-state index contributed by atoms with van der Waals surface area (Å²) < 4.78 is 40.6. The highest BCUT2D eigenvalue weighted by Gasteiger charge is 2.40. The second-order valence-corrected chi connectivity index (χ2v) is 15.4. The minimum absolute atomic E-state index is 0.00222. The topological polar surface area (TPSA) is 68.5 Å². The smallest absolute Gasteiger partial charge is 0.240 e. The summed E-state index contributed by atoms with van der Waals surface area (Å²) in [5.41, 5.74) is 2.04. The van der Waals surface area contributed by atoms with Crippen LogP contribution < -0.4 is 4.72 Å². The molecule has 0 radical (unpaired) electrons. The van der Waals surface area contributed by atoms with Gasteiger partial charge in [0.2, 0.25) is 10.0 Å². The zero-order valence-corrected chi connectivity index (χ0v) is 20.0. The van der Waals surface area contributed by atoms with Crippen LogP contribution >= 0.6 is 0 Å². The number of aryl methyl sites for hydroxylation is 3. The van der Waals surface area contributed by atoms with Crippen molar-refractivity contribution in [3.05, 3.63) is 53.0 Å². The molecule has 0 saturated heterocycles. The first-order valence-corrected chi connectivity index (χ1v) is 13.9. The molecule has 1 heterocycles. The molecular weight excluding hydrogens is 390 g/mol. The zero-order valence-electron chi connectivity index (χ0n) is 18.2. The maximum absolute atomic E-state index is 12.7. The summed E-state index contributed by atoms with van der Waals surface area (Å²) in [5.74, 6) is 1.48. The van der Waals surface area contributed by atoms with Crippen LogP contribution in [-0.2, 0) is 14.4 Å². The SMILES string of the molecule is Cc1ccc(S(=O)(=O)NC[C@H](O[Si](C)(C)C(C)(C)C)c2cc(C)c(C)o2)cc1. The molecule has 7 heteroatoms. The molecule has 0 fully saturated rings. The molecule has 1 N–H and O–H groups in total. The van der Waals surface area contributed by atoms with E-state index in [9.17, 15) is 8.42 Å². The van der Waals surface area contributed by atoms with E-state index in [0.29, 0.717) is 5.76 Å². The highest BCUT2D eigenvalue weighted by atomic mass is 32.2. The lowest BCUT2D eigenvalue weighted by Crippen LogP contribution is -2.44. The maximum Gasteiger partial charge on any atom is 0.240 e. The molecular formula is C21H33NO4SSi. The highest BCUT2D eigenvalue weighted by molar-refractivity contribution is 7.89. The molecule has 156 valence electrons. The predicted octanol–water partition coefficient (Wildman–Crippen LogP) is 5.25. The van der Waals surface area contributed by atoms with Gasteiger partial charge in [0.1, 0.15) is 17.6 Å². The van der Waals surface area contributed by atoms with E-state index in [1.54, 1.807) is 24.3 Å². The third-order valence-corrected chi connectivity index (χ3v) is 11.5. The van der Waals surface area contributed by atoms with Crippen molar-refractivity contribution >= 4 is 18.3 Å². The van der Waals surface area contributed by atoms with Crippen molar-refractivity contribution in [2.75, 3.05) is 6.54 Å². The first kappa shape index (κ1) is 22.9. The van der Waals surface area contributed by atoms with Gasteiger partial charge in [-0.05, 0) is 62.7 Å². The Bertz CT molecular complexity index is 889. The molecule has 28 heavy (non-hydrogen) atoms. The molecule has 0 amide bonds. The Morgan fingerprint density at radius 1 is 1.11 bits per heavy atom. The number of rotatable bonds is 7. The average Bonchev–Trinajstić information content (AvgIpc) is 2.90. The monoisotopic (exact) mass is 423 g/mol. The molecule has 0 aliphatic carbocycles. The van der Waals surface area contributed by atoms with Crippen molar-refractivity contribution in [2.45, 2.75) is 70.7 Å². The second kappa shape index (κ2) is 8.14. The van der Waals surface area contributed by atoms with Crippen LogP contribution in [-0.4, -0.2) is 23.3 Å². The lowest BCUT2D eigenvalue weighted by Gasteiger charge is -2.38. The van der Waals surface area contributed by atoms with Crippen LogP contribution in [0.3, 0.4) is 0 Å². The Kier molecular flexibility index (Phi) is 6.65. The largest absolute Gasteiger partial charge is 0.463 e. The van der Waals surface area contributed by atoms with Gasteiger partial charge in [-0.25, -0.2) is 13.1 Å². The summed E-state index contributed by atoms with van der Waals surface area (Å²) in [4.78, 5) is 0.246. The number of sulfonamides is 1. The van der Waals surface area contributed by atoms with E-state index in [1.165, 1.54) is 0 Å². The van der Waals surface area contributed by atoms with Crippen LogP contribution in [0.15, 0.2) is 39.6 Å². The molecule has 0 aliphatic heterocycles. The molecule has 1 atom stereocenters. The lowest BCUT2D eigenvalue weighted by atomic mass is 10.2. The second-order valence-electron chi connectivity index (χ2n) is 8.92. The molecule has 0 saturated carbocycles. The molecule has 1 aromatic heterocycles. The maximum atomic E-state index is 12.7. The van der Waals surface area contributed by atoms with Crippen LogP contribution in [0, 0.1) is 20.8 Å². The summed E-state index contributed by atoms with van der Waals surface area (Å²) in [6.07, 6.45) is -0.478. The van der Waals surface area contributed by atoms with Gasteiger partial charge in [0.25, 0.3) is 0 Å². The van der Waals surface area contributed by atoms with Crippen molar-refractivity contribution in [1.82, 2.24) is 4.72 Å². The van der Waals surface area contributed by atoms with Gasteiger partial charge in [-0.15, -0.1) is 0 Å². The summed E-state index contributed by atoms with van der Waals surface area (Å²) in [6, 6.07) is 8.74. The van der Waals surface area contributed by atoms with Gasteiger partial charge in [-0.2, -0.15) is 0 Å². The predicted molar refractivity (Wildman–Crippen MR) is 116 cm³/mol. The van der Waals surface area contributed by atoms with Crippen molar-refractivity contribution in [3.8, 4) is 0 Å². The highest BCUT2D eigenvalue weighted by Crippen LogP contribution is 2.40. The Morgan fingerprint density at radius 3 is 2.14 bits per heavy atom. The number of hydrogen-bond donors (Lipinski definition) is 1. The molecule has 0 unspecified atom stereocenters. The van der Waals surface area contributed by atoms with E-state index in [1.807, 2.05) is 26.8 Å². The fraction of sp³-hybridized carbons (Fsp3) is 0.524. The van der Waals surface area contributed by atoms with Crippen LogP contribution in [0.4, 0.5) is 0 Å². The molecule has 2 aromatic rings. The molecule has 0 spiro atoms. The Labute approximate surface area is 170 Å².